The normalized spacial score (nSPS) is 12.6. The zero-order valence-electron chi connectivity index (χ0n) is 16.6. The average molecular weight is 506 g/mol. The number of rotatable bonds is 7. The third-order valence-corrected chi connectivity index (χ3v) is 4.59. The van der Waals surface area contributed by atoms with E-state index in [2.05, 4.69) is 28.3 Å². The lowest BCUT2D eigenvalue weighted by molar-refractivity contribution is -0.117. The lowest BCUT2D eigenvalue weighted by Gasteiger charge is -2.19. The van der Waals surface area contributed by atoms with Crippen molar-refractivity contribution < 1.29 is 9.53 Å². The maximum absolute atomic E-state index is 12.6. The Morgan fingerprint density at radius 3 is 2.76 bits per heavy atom. The topological polar surface area (TPSA) is 66.0 Å². The van der Waals surface area contributed by atoms with Crippen molar-refractivity contribution in [2.75, 3.05) is 31.6 Å². The number of nitrogens with one attached hydrogen (secondary N) is 2. The Balaban J connectivity index is 0.00000300. The van der Waals surface area contributed by atoms with Gasteiger partial charge in [0.15, 0.2) is 5.96 Å². The van der Waals surface area contributed by atoms with Gasteiger partial charge in [-0.2, -0.15) is 0 Å². The molecular formula is C22H27IN4O2. The molecule has 0 atom stereocenters. The van der Waals surface area contributed by atoms with Gasteiger partial charge in [0, 0.05) is 31.4 Å². The largest absolute Gasteiger partial charge is 0.489 e. The molecule has 2 aromatic carbocycles. The molecule has 154 valence electrons. The van der Waals surface area contributed by atoms with Crippen LogP contribution in [0.1, 0.15) is 11.1 Å². The van der Waals surface area contributed by atoms with Crippen molar-refractivity contribution in [3.05, 3.63) is 72.3 Å². The molecule has 0 aliphatic carbocycles. The minimum absolute atomic E-state index is 0. The van der Waals surface area contributed by atoms with Crippen LogP contribution in [0, 0.1) is 0 Å². The number of hydrogen-bond acceptors (Lipinski definition) is 3. The number of amides is 1. The Labute approximate surface area is 189 Å². The zero-order valence-corrected chi connectivity index (χ0v) is 18.9. The average Bonchev–Trinajstić information content (AvgIpc) is 3.17. The van der Waals surface area contributed by atoms with E-state index in [0.717, 1.165) is 30.0 Å². The summed E-state index contributed by atoms with van der Waals surface area (Å²) in [6, 6.07) is 15.8. The van der Waals surface area contributed by atoms with Crippen LogP contribution in [0.5, 0.6) is 5.75 Å². The molecule has 1 heterocycles. The summed E-state index contributed by atoms with van der Waals surface area (Å²) < 4.78 is 5.67. The number of halogens is 1. The van der Waals surface area contributed by atoms with E-state index in [1.807, 2.05) is 47.4 Å². The summed E-state index contributed by atoms with van der Waals surface area (Å²) >= 11 is 0. The molecule has 0 saturated heterocycles. The van der Waals surface area contributed by atoms with Crippen LogP contribution in [0.15, 0.2) is 66.2 Å². The number of carbonyl (C=O) groups excluding carboxylic acids is 1. The van der Waals surface area contributed by atoms with Crippen molar-refractivity contribution in [1.29, 1.82) is 0 Å². The van der Waals surface area contributed by atoms with E-state index in [1.165, 1.54) is 5.56 Å². The Kier molecular flexibility index (Phi) is 8.98. The van der Waals surface area contributed by atoms with Crippen LogP contribution in [0.4, 0.5) is 5.69 Å². The molecule has 0 fully saturated rings. The van der Waals surface area contributed by atoms with E-state index in [0.29, 0.717) is 19.1 Å². The second-order valence-electron chi connectivity index (χ2n) is 6.41. The molecule has 0 radical (unpaired) electrons. The minimum Gasteiger partial charge on any atom is -0.489 e. The first-order chi connectivity index (χ1) is 13.7. The van der Waals surface area contributed by atoms with Crippen LogP contribution < -0.4 is 20.3 Å². The number of carbonyl (C=O) groups is 1. The maximum atomic E-state index is 12.6. The number of anilines is 1. The third kappa shape index (κ3) is 5.96. The van der Waals surface area contributed by atoms with Gasteiger partial charge in [0.2, 0.25) is 5.91 Å². The standard InChI is InChI=1S/C22H26N4O2.HI/c1-3-14-28-20-11-7-5-9-18(20)15-24-22(23-2)25-16-21(27)26-13-12-17-8-4-6-10-19(17)26;/h3-11H,1,12-16H2,2H3,(H2,23,24,25);1H. The number of para-hydroxylation sites is 2. The monoisotopic (exact) mass is 506 g/mol. The van der Waals surface area contributed by atoms with Crippen molar-refractivity contribution >= 4 is 41.5 Å². The van der Waals surface area contributed by atoms with Crippen molar-refractivity contribution in [3.63, 3.8) is 0 Å². The third-order valence-electron chi connectivity index (χ3n) is 4.59. The molecule has 1 aliphatic heterocycles. The van der Waals surface area contributed by atoms with E-state index in [1.54, 1.807) is 13.1 Å². The summed E-state index contributed by atoms with van der Waals surface area (Å²) in [6.07, 6.45) is 2.61. The van der Waals surface area contributed by atoms with E-state index < -0.39 is 0 Å². The summed E-state index contributed by atoms with van der Waals surface area (Å²) in [7, 11) is 1.69. The van der Waals surface area contributed by atoms with Gasteiger partial charge in [-0.3, -0.25) is 9.79 Å². The molecule has 7 heteroatoms. The predicted octanol–water partition coefficient (Wildman–Crippen LogP) is 3.12. The van der Waals surface area contributed by atoms with Gasteiger partial charge in [-0.05, 0) is 24.1 Å². The van der Waals surface area contributed by atoms with Gasteiger partial charge in [-0.1, -0.05) is 49.1 Å². The summed E-state index contributed by atoms with van der Waals surface area (Å²) in [5.41, 5.74) is 3.23. The highest BCUT2D eigenvalue weighted by molar-refractivity contribution is 14.0. The number of ether oxygens (including phenoxy) is 1. The first-order valence-electron chi connectivity index (χ1n) is 9.37. The quantitative estimate of drug-likeness (QED) is 0.262. The van der Waals surface area contributed by atoms with Crippen LogP contribution in [-0.4, -0.2) is 38.6 Å². The first kappa shape index (κ1) is 22.7. The van der Waals surface area contributed by atoms with E-state index >= 15 is 0 Å². The Morgan fingerprint density at radius 1 is 1.21 bits per heavy atom. The fourth-order valence-electron chi connectivity index (χ4n) is 3.19. The highest BCUT2D eigenvalue weighted by Crippen LogP contribution is 2.27. The lowest BCUT2D eigenvalue weighted by Crippen LogP contribution is -2.44. The lowest BCUT2D eigenvalue weighted by atomic mass is 10.2. The maximum Gasteiger partial charge on any atom is 0.246 e. The molecule has 3 rings (SSSR count). The molecule has 2 N–H and O–H groups in total. The van der Waals surface area contributed by atoms with E-state index in [9.17, 15) is 4.79 Å². The predicted molar refractivity (Wildman–Crippen MR) is 128 cm³/mol. The smallest absolute Gasteiger partial charge is 0.246 e. The molecule has 2 aromatic rings. The van der Waals surface area contributed by atoms with Gasteiger partial charge in [0.05, 0.1) is 6.54 Å². The molecule has 1 aliphatic rings. The first-order valence-corrected chi connectivity index (χ1v) is 9.37. The van der Waals surface area contributed by atoms with Crippen molar-refractivity contribution in [2.45, 2.75) is 13.0 Å². The summed E-state index contributed by atoms with van der Waals surface area (Å²) in [4.78, 5) is 18.7. The number of nitrogens with zero attached hydrogens (tertiary/aromatic N) is 2. The van der Waals surface area contributed by atoms with E-state index in [-0.39, 0.29) is 36.4 Å². The van der Waals surface area contributed by atoms with Crippen LogP contribution >= 0.6 is 24.0 Å². The zero-order chi connectivity index (χ0) is 19.8. The van der Waals surface area contributed by atoms with E-state index in [4.69, 9.17) is 4.74 Å². The molecular weight excluding hydrogens is 479 g/mol. The molecule has 0 aromatic heterocycles. The summed E-state index contributed by atoms with van der Waals surface area (Å²) in [5, 5.41) is 6.33. The Hall–Kier alpha value is -2.55. The number of guanidine groups is 1. The van der Waals surface area contributed by atoms with Crippen LogP contribution in [0.3, 0.4) is 0 Å². The SMILES string of the molecule is C=CCOc1ccccc1CNC(=NC)NCC(=O)N1CCc2ccccc21.I. The second-order valence-corrected chi connectivity index (χ2v) is 6.41. The summed E-state index contributed by atoms with van der Waals surface area (Å²) in [6.45, 7) is 5.57. The Bertz CT molecular complexity index is 869. The molecule has 0 saturated carbocycles. The van der Waals surface area contributed by atoms with Gasteiger partial charge in [-0.25, -0.2) is 0 Å². The molecule has 6 nitrogen and oxygen atoms in total. The van der Waals surface area contributed by atoms with Crippen molar-refractivity contribution in [1.82, 2.24) is 10.6 Å². The van der Waals surface area contributed by atoms with Crippen molar-refractivity contribution in [3.8, 4) is 5.75 Å². The fraction of sp³-hybridized carbons (Fsp3) is 0.273. The number of aliphatic imine (C=N–C) groups is 1. The van der Waals surface area contributed by atoms with Gasteiger partial charge in [0.1, 0.15) is 12.4 Å². The van der Waals surface area contributed by atoms with Gasteiger partial charge >= 0.3 is 0 Å². The van der Waals surface area contributed by atoms with Crippen LogP contribution in [0.2, 0.25) is 0 Å². The number of fused-ring (bicyclic) bond motifs is 1. The van der Waals surface area contributed by atoms with Crippen LogP contribution in [-0.2, 0) is 17.8 Å². The van der Waals surface area contributed by atoms with Gasteiger partial charge in [-0.15, -0.1) is 24.0 Å². The highest BCUT2D eigenvalue weighted by Gasteiger charge is 2.23. The minimum atomic E-state index is 0. The molecule has 0 spiro atoms. The van der Waals surface area contributed by atoms with Gasteiger partial charge < -0.3 is 20.3 Å². The molecule has 0 bridgehead atoms. The number of hydrogen-bond donors (Lipinski definition) is 2. The molecule has 29 heavy (non-hydrogen) atoms. The van der Waals surface area contributed by atoms with Crippen LogP contribution in [0.25, 0.3) is 0 Å². The summed E-state index contributed by atoms with van der Waals surface area (Å²) in [5.74, 6) is 1.40. The molecule has 0 unspecified atom stereocenters. The number of benzene rings is 2. The van der Waals surface area contributed by atoms with Crippen molar-refractivity contribution in [2.24, 2.45) is 4.99 Å². The Morgan fingerprint density at radius 2 is 1.97 bits per heavy atom. The highest BCUT2D eigenvalue weighted by atomic mass is 127. The fourth-order valence-corrected chi connectivity index (χ4v) is 3.19. The molecule has 1 amide bonds. The second kappa shape index (κ2) is 11.5. The van der Waals surface area contributed by atoms with Gasteiger partial charge in [0.25, 0.3) is 0 Å².